The molecule has 0 spiro atoms. The third kappa shape index (κ3) is 3.27. The fourth-order valence-corrected chi connectivity index (χ4v) is 2.81. The molecular weight excluding hydrogens is 392 g/mol. The van der Waals surface area contributed by atoms with Crippen molar-refractivity contribution in [3.63, 3.8) is 0 Å². The molecule has 1 atom stereocenters. The molecular formula is C15H13Br2F2N. The summed E-state index contributed by atoms with van der Waals surface area (Å²) in [5.41, 5.74) is 6.19. The Hall–Kier alpha value is -0.780. The van der Waals surface area contributed by atoms with Crippen LogP contribution >= 0.6 is 31.9 Å². The molecule has 1 unspecified atom stereocenters. The summed E-state index contributed by atoms with van der Waals surface area (Å²) in [5, 5.41) is 0. The van der Waals surface area contributed by atoms with E-state index in [9.17, 15) is 8.78 Å². The molecule has 2 aromatic carbocycles. The molecule has 0 aliphatic heterocycles. The second-order valence-corrected chi connectivity index (χ2v) is 6.70. The van der Waals surface area contributed by atoms with E-state index in [2.05, 4.69) is 31.9 Å². The molecule has 2 aromatic rings. The van der Waals surface area contributed by atoms with Gasteiger partial charge in [-0.05, 0) is 52.7 Å². The predicted molar refractivity (Wildman–Crippen MR) is 83.4 cm³/mol. The number of benzene rings is 2. The van der Waals surface area contributed by atoms with Gasteiger partial charge in [0.25, 0.3) is 0 Å². The third-order valence-corrected chi connectivity index (χ3v) is 4.27. The normalized spacial score (nSPS) is 14.1. The molecule has 2 N–H and O–H groups in total. The second kappa shape index (κ2) is 5.92. The highest BCUT2D eigenvalue weighted by Crippen LogP contribution is 2.29. The van der Waals surface area contributed by atoms with E-state index in [-0.39, 0.29) is 16.5 Å². The molecule has 5 heteroatoms. The van der Waals surface area contributed by atoms with Crippen LogP contribution in [-0.4, -0.2) is 0 Å². The van der Waals surface area contributed by atoms with Crippen LogP contribution in [0.15, 0.2) is 45.3 Å². The number of hydrogen-bond acceptors (Lipinski definition) is 1. The van der Waals surface area contributed by atoms with Gasteiger partial charge in [0.2, 0.25) is 0 Å². The van der Waals surface area contributed by atoms with Gasteiger partial charge in [-0.1, -0.05) is 28.1 Å². The standard InChI is InChI=1S/C15H13Br2F2N/c1-15(20,9-3-2-4-10(16)7-9)8-11-13(18)6-5-12(17)14(11)19/h2-7H,8,20H2,1H3. The average molecular weight is 405 g/mol. The molecule has 0 saturated heterocycles. The van der Waals surface area contributed by atoms with Gasteiger partial charge in [0.05, 0.1) is 4.47 Å². The maximum atomic E-state index is 14.0. The first-order valence-electron chi connectivity index (χ1n) is 5.98. The molecule has 0 aromatic heterocycles. The summed E-state index contributed by atoms with van der Waals surface area (Å²) in [6, 6.07) is 10.0. The van der Waals surface area contributed by atoms with E-state index >= 15 is 0 Å². The quantitative estimate of drug-likeness (QED) is 0.723. The molecule has 0 amide bonds. The Kier molecular flexibility index (Phi) is 4.62. The van der Waals surface area contributed by atoms with Crippen molar-refractivity contribution in [1.29, 1.82) is 0 Å². The van der Waals surface area contributed by atoms with Gasteiger partial charge in [-0.2, -0.15) is 0 Å². The van der Waals surface area contributed by atoms with E-state index in [1.54, 1.807) is 6.92 Å². The van der Waals surface area contributed by atoms with Crippen molar-refractivity contribution >= 4 is 31.9 Å². The van der Waals surface area contributed by atoms with Crippen molar-refractivity contribution < 1.29 is 8.78 Å². The zero-order chi connectivity index (χ0) is 14.9. The van der Waals surface area contributed by atoms with Gasteiger partial charge >= 0.3 is 0 Å². The molecule has 0 fully saturated rings. The van der Waals surface area contributed by atoms with Gasteiger partial charge in [-0.25, -0.2) is 8.78 Å². The van der Waals surface area contributed by atoms with E-state index in [4.69, 9.17) is 5.73 Å². The summed E-state index contributed by atoms with van der Waals surface area (Å²) < 4.78 is 29.0. The minimum Gasteiger partial charge on any atom is -0.321 e. The Balaban J connectivity index is 2.40. The van der Waals surface area contributed by atoms with Crippen molar-refractivity contribution in [2.45, 2.75) is 18.9 Å². The topological polar surface area (TPSA) is 26.0 Å². The van der Waals surface area contributed by atoms with Gasteiger partial charge in [-0.15, -0.1) is 0 Å². The Morgan fingerprint density at radius 2 is 1.85 bits per heavy atom. The summed E-state index contributed by atoms with van der Waals surface area (Å²) in [7, 11) is 0. The lowest BCUT2D eigenvalue weighted by Gasteiger charge is -2.26. The maximum absolute atomic E-state index is 14.0. The van der Waals surface area contributed by atoms with Crippen molar-refractivity contribution in [3.8, 4) is 0 Å². The molecule has 1 nitrogen and oxygen atoms in total. The molecule has 106 valence electrons. The Morgan fingerprint density at radius 1 is 1.15 bits per heavy atom. The number of hydrogen-bond donors (Lipinski definition) is 1. The lowest BCUT2D eigenvalue weighted by Crippen LogP contribution is -2.36. The van der Waals surface area contributed by atoms with Crippen molar-refractivity contribution in [3.05, 3.63) is 68.1 Å². The van der Waals surface area contributed by atoms with E-state index in [0.717, 1.165) is 10.0 Å². The predicted octanol–water partition coefficient (Wildman–Crippen LogP) is 4.91. The van der Waals surface area contributed by atoms with Gasteiger partial charge in [0, 0.05) is 22.0 Å². The lowest BCUT2D eigenvalue weighted by molar-refractivity contribution is 0.454. The van der Waals surface area contributed by atoms with Gasteiger partial charge < -0.3 is 5.73 Å². The van der Waals surface area contributed by atoms with Crippen LogP contribution < -0.4 is 5.73 Å². The fraction of sp³-hybridized carbons (Fsp3) is 0.200. The molecule has 0 saturated carbocycles. The van der Waals surface area contributed by atoms with Crippen LogP contribution in [0.5, 0.6) is 0 Å². The molecule has 20 heavy (non-hydrogen) atoms. The van der Waals surface area contributed by atoms with Crippen LogP contribution in [0.1, 0.15) is 18.1 Å². The molecule has 0 radical (unpaired) electrons. The monoisotopic (exact) mass is 403 g/mol. The first kappa shape index (κ1) is 15.6. The van der Waals surface area contributed by atoms with E-state index in [1.165, 1.54) is 12.1 Å². The van der Waals surface area contributed by atoms with E-state index in [1.807, 2.05) is 24.3 Å². The summed E-state index contributed by atoms with van der Waals surface area (Å²) >= 11 is 6.44. The van der Waals surface area contributed by atoms with Crippen LogP contribution in [0.3, 0.4) is 0 Å². The van der Waals surface area contributed by atoms with Crippen LogP contribution in [0.4, 0.5) is 8.78 Å². The summed E-state index contributed by atoms with van der Waals surface area (Å²) in [5.74, 6) is -1.19. The number of rotatable bonds is 3. The Labute approximate surface area is 133 Å². The largest absolute Gasteiger partial charge is 0.321 e. The molecule has 0 aliphatic carbocycles. The van der Waals surface area contributed by atoms with E-state index < -0.39 is 17.2 Å². The lowest BCUT2D eigenvalue weighted by atomic mass is 9.86. The first-order valence-corrected chi connectivity index (χ1v) is 7.57. The van der Waals surface area contributed by atoms with Crippen molar-refractivity contribution in [2.75, 3.05) is 0 Å². The third-order valence-electron chi connectivity index (χ3n) is 3.17. The van der Waals surface area contributed by atoms with Gasteiger partial charge in [0.1, 0.15) is 11.6 Å². The number of halogens is 4. The SMILES string of the molecule is CC(N)(Cc1c(F)ccc(Br)c1F)c1cccc(Br)c1. The van der Waals surface area contributed by atoms with Gasteiger partial charge in [-0.3, -0.25) is 0 Å². The average Bonchev–Trinajstić information content (AvgIpc) is 2.39. The molecule has 2 rings (SSSR count). The smallest absolute Gasteiger partial charge is 0.143 e. The zero-order valence-electron chi connectivity index (χ0n) is 10.8. The van der Waals surface area contributed by atoms with Crippen molar-refractivity contribution in [2.24, 2.45) is 5.73 Å². The zero-order valence-corrected chi connectivity index (χ0v) is 13.9. The first-order chi connectivity index (χ1) is 9.31. The van der Waals surface area contributed by atoms with Crippen LogP contribution in [0.25, 0.3) is 0 Å². The fourth-order valence-electron chi connectivity index (χ4n) is 2.04. The van der Waals surface area contributed by atoms with Crippen molar-refractivity contribution in [1.82, 2.24) is 0 Å². The summed E-state index contributed by atoms with van der Waals surface area (Å²) in [6.07, 6.45) is 0.0700. The summed E-state index contributed by atoms with van der Waals surface area (Å²) in [4.78, 5) is 0. The Morgan fingerprint density at radius 3 is 2.50 bits per heavy atom. The maximum Gasteiger partial charge on any atom is 0.143 e. The molecule has 0 aliphatic rings. The van der Waals surface area contributed by atoms with Crippen LogP contribution in [-0.2, 0) is 12.0 Å². The van der Waals surface area contributed by atoms with Gasteiger partial charge in [0.15, 0.2) is 0 Å². The number of nitrogens with two attached hydrogens (primary N) is 1. The van der Waals surface area contributed by atoms with Crippen LogP contribution in [0.2, 0.25) is 0 Å². The van der Waals surface area contributed by atoms with Crippen LogP contribution in [0, 0.1) is 11.6 Å². The van der Waals surface area contributed by atoms with E-state index in [0.29, 0.717) is 0 Å². The minimum atomic E-state index is -0.869. The highest BCUT2D eigenvalue weighted by molar-refractivity contribution is 9.10. The molecule has 0 heterocycles. The highest BCUT2D eigenvalue weighted by atomic mass is 79.9. The summed E-state index contributed by atoms with van der Waals surface area (Å²) in [6.45, 7) is 1.76. The molecule has 0 bridgehead atoms. The highest BCUT2D eigenvalue weighted by Gasteiger charge is 2.26. The minimum absolute atomic E-state index is 0.00986. The second-order valence-electron chi connectivity index (χ2n) is 4.93. The Bertz CT molecular complexity index is 642.